The summed E-state index contributed by atoms with van der Waals surface area (Å²) in [6.45, 7) is 6.55. The molecule has 3 rings (SSSR count). The van der Waals surface area contributed by atoms with Crippen molar-refractivity contribution in [2.45, 2.75) is 32.6 Å². The zero-order valence-corrected chi connectivity index (χ0v) is 16.5. The number of amides is 3. The molecule has 0 atom stereocenters. The van der Waals surface area contributed by atoms with E-state index in [1.54, 1.807) is 24.1 Å². The SMILES string of the molecule is COc1c(-c2ccc(C=O)cc2)cc(N2CCC(=O)NC2=O)cc1C(C)(C)C. The number of imide groups is 1. The van der Waals surface area contributed by atoms with Gasteiger partial charge in [0.15, 0.2) is 0 Å². The maximum Gasteiger partial charge on any atom is 0.328 e. The third-order valence-electron chi connectivity index (χ3n) is 4.81. The predicted molar refractivity (Wildman–Crippen MR) is 108 cm³/mol. The molecule has 1 aliphatic rings. The topological polar surface area (TPSA) is 75.7 Å². The lowest BCUT2D eigenvalue weighted by Gasteiger charge is -2.30. The van der Waals surface area contributed by atoms with Gasteiger partial charge in [-0.3, -0.25) is 19.8 Å². The Labute approximate surface area is 164 Å². The molecule has 1 aliphatic heterocycles. The number of benzene rings is 2. The van der Waals surface area contributed by atoms with Gasteiger partial charge < -0.3 is 4.74 Å². The van der Waals surface area contributed by atoms with E-state index in [0.29, 0.717) is 17.8 Å². The van der Waals surface area contributed by atoms with E-state index in [0.717, 1.165) is 28.7 Å². The number of hydrogen-bond donors (Lipinski definition) is 1. The molecule has 1 fully saturated rings. The number of methoxy groups -OCH3 is 1. The smallest absolute Gasteiger partial charge is 0.328 e. The molecule has 1 saturated heterocycles. The number of nitrogens with one attached hydrogen (secondary N) is 1. The Morgan fingerprint density at radius 2 is 1.79 bits per heavy atom. The van der Waals surface area contributed by atoms with Gasteiger partial charge in [0, 0.05) is 35.3 Å². The van der Waals surface area contributed by atoms with E-state index >= 15 is 0 Å². The van der Waals surface area contributed by atoms with Crippen molar-refractivity contribution in [3.05, 3.63) is 47.5 Å². The molecule has 0 bridgehead atoms. The summed E-state index contributed by atoms with van der Waals surface area (Å²) in [4.78, 5) is 36.4. The van der Waals surface area contributed by atoms with Crippen LogP contribution >= 0.6 is 0 Å². The van der Waals surface area contributed by atoms with Crippen molar-refractivity contribution in [1.82, 2.24) is 5.32 Å². The van der Waals surface area contributed by atoms with Crippen LogP contribution in [0, 0.1) is 0 Å². The Bertz CT molecular complexity index is 927. The van der Waals surface area contributed by atoms with Gasteiger partial charge in [0.25, 0.3) is 0 Å². The van der Waals surface area contributed by atoms with Crippen LogP contribution < -0.4 is 15.0 Å². The second kappa shape index (κ2) is 7.46. The molecule has 28 heavy (non-hydrogen) atoms. The Hall–Kier alpha value is -3.15. The van der Waals surface area contributed by atoms with E-state index in [1.165, 1.54) is 0 Å². The lowest BCUT2D eigenvalue weighted by Crippen LogP contribution is -2.49. The van der Waals surface area contributed by atoms with Gasteiger partial charge in [-0.2, -0.15) is 0 Å². The molecule has 0 aromatic heterocycles. The molecular weight excluding hydrogens is 356 g/mol. The normalized spacial score (nSPS) is 14.6. The number of nitrogens with zero attached hydrogens (tertiary/aromatic N) is 1. The highest BCUT2D eigenvalue weighted by molar-refractivity contribution is 6.06. The lowest BCUT2D eigenvalue weighted by molar-refractivity contribution is -0.120. The molecule has 0 unspecified atom stereocenters. The first-order valence-corrected chi connectivity index (χ1v) is 9.14. The first-order valence-electron chi connectivity index (χ1n) is 9.14. The molecule has 0 spiro atoms. The standard InChI is InChI=1S/C22H24N2O4/c1-22(2,3)18-12-16(24-10-9-19(26)23-21(24)27)11-17(20(18)28-4)15-7-5-14(13-25)6-8-15/h5-8,11-13H,9-10H2,1-4H3,(H,23,26,27). The zero-order valence-electron chi connectivity index (χ0n) is 16.5. The number of hydrogen-bond acceptors (Lipinski definition) is 4. The highest BCUT2D eigenvalue weighted by atomic mass is 16.5. The van der Waals surface area contributed by atoms with Crippen LogP contribution in [0.2, 0.25) is 0 Å². The number of carbonyl (C=O) groups excluding carboxylic acids is 3. The average molecular weight is 380 g/mol. The van der Waals surface area contributed by atoms with Crippen LogP contribution in [-0.4, -0.2) is 31.9 Å². The van der Waals surface area contributed by atoms with E-state index < -0.39 is 6.03 Å². The van der Waals surface area contributed by atoms with Gasteiger partial charge in [-0.15, -0.1) is 0 Å². The number of ether oxygens (including phenoxy) is 1. The number of urea groups is 1. The predicted octanol–water partition coefficient (Wildman–Crippen LogP) is 3.92. The van der Waals surface area contributed by atoms with Crippen molar-refractivity contribution in [3.63, 3.8) is 0 Å². The van der Waals surface area contributed by atoms with E-state index in [1.807, 2.05) is 24.3 Å². The summed E-state index contributed by atoms with van der Waals surface area (Å²) in [6, 6.07) is 10.6. The summed E-state index contributed by atoms with van der Waals surface area (Å²) in [7, 11) is 1.62. The molecule has 1 heterocycles. The highest BCUT2D eigenvalue weighted by Gasteiger charge is 2.29. The van der Waals surface area contributed by atoms with Crippen molar-refractivity contribution in [1.29, 1.82) is 0 Å². The third-order valence-corrected chi connectivity index (χ3v) is 4.81. The van der Waals surface area contributed by atoms with Crippen LogP contribution in [-0.2, 0) is 10.2 Å². The molecule has 146 valence electrons. The summed E-state index contributed by atoms with van der Waals surface area (Å²) in [6.07, 6.45) is 1.05. The molecule has 6 heteroatoms. The van der Waals surface area contributed by atoms with Gasteiger partial charge >= 0.3 is 6.03 Å². The van der Waals surface area contributed by atoms with Crippen LogP contribution in [0.1, 0.15) is 43.1 Å². The molecule has 2 aromatic rings. The van der Waals surface area contributed by atoms with Crippen molar-refractivity contribution >= 4 is 23.9 Å². The second-order valence-corrected chi connectivity index (χ2v) is 7.82. The minimum absolute atomic E-state index is 0.235. The van der Waals surface area contributed by atoms with Crippen molar-refractivity contribution in [2.75, 3.05) is 18.6 Å². The Kier molecular flexibility index (Phi) is 5.23. The lowest BCUT2D eigenvalue weighted by atomic mass is 9.83. The molecule has 2 aromatic carbocycles. The van der Waals surface area contributed by atoms with E-state index in [4.69, 9.17) is 4.74 Å². The molecular formula is C22H24N2O4. The van der Waals surface area contributed by atoms with Gasteiger partial charge in [-0.1, -0.05) is 45.0 Å². The maximum atomic E-state index is 12.4. The molecule has 3 amide bonds. The summed E-state index contributed by atoms with van der Waals surface area (Å²) >= 11 is 0. The number of aldehydes is 1. The van der Waals surface area contributed by atoms with Crippen LogP contribution in [0.3, 0.4) is 0 Å². The maximum absolute atomic E-state index is 12.4. The van der Waals surface area contributed by atoms with Crippen molar-refractivity contribution < 1.29 is 19.1 Å². The van der Waals surface area contributed by atoms with Crippen LogP contribution in [0.25, 0.3) is 11.1 Å². The van der Waals surface area contributed by atoms with Crippen LogP contribution in [0.5, 0.6) is 5.75 Å². The van der Waals surface area contributed by atoms with Gasteiger partial charge in [0.2, 0.25) is 5.91 Å². The number of anilines is 1. The molecule has 0 radical (unpaired) electrons. The molecule has 0 saturated carbocycles. The van der Waals surface area contributed by atoms with E-state index in [-0.39, 0.29) is 17.7 Å². The van der Waals surface area contributed by atoms with Crippen LogP contribution in [0.4, 0.5) is 10.5 Å². The fourth-order valence-corrected chi connectivity index (χ4v) is 3.31. The molecule has 0 aliphatic carbocycles. The van der Waals surface area contributed by atoms with Gasteiger partial charge in [-0.05, 0) is 23.1 Å². The Balaban J connectivity index is 2.20. The fourth-order valence-electron chi connectivity index (χ4n) is 3.31. The van der Waals surface area contributed by atoms with Gasteiger partial charge in [0.1, 0.15) is 12.0 Å². The minimum atomic E-state index is -0.427. The summed E-state index contributed by atoms with van der Waals surface area (Å²) in [5.74, 6) is 0.457. The second-order valence-electron chi connectivity index (χ2n) is 7.82. The number of rotatable bonds is 4. The fraction of sp³-hybridized carbons (Fsp3) is 0.318. The third kappa shape index (κ3) is 3.76. The van der Waals surface area contributed by atoms with E-state index in [9.17, 15) is 14.4 Å². The molecule has 6 nitrogen and oxygen atoms in total. The van der Waals surface area contributed by atoms with Crippen molar-refractivity contribution in [2.24, 2.45) is 0 Å². The average Bonchev–Trinajstić information content (AvgIpc) is 2.66. The van der Waals surface area contributed by atoms with E-state index in [2.05, 4.69) is 26.1 Å². The molecule has 1 N–H and O–H groups in total. The summed E-state index contributed by atoms with van der Waals surface area (Å²) < 4.78 is 5.76. The first kappa shape index (κ1) is 19.6. The van der Waals surface area contributed by atoms with Gasteiger partial charge in [0.05, 0.1) is 7.11 Å². The quantitative estimate of drug-likeness (QED) is 0.816. The summed E-state index contributed by atoms with van der Waals surface area (Å²) in [5.41, 5.74) is 3.71. The zero-order chi connectivity index (χ0) is 20.5. The summed E-state index contributed by atoms with van der Waals surface area (Å²) in [5, 5.41) is 2.37. The van der Waals surface area contributed by atoms with Crippen molar-refractivity contribution in [3.8, 4) is 16.9 Å². The Morgan fingerprint density at radius 3 is 2.32 bits per heavy atom. The highest BCUT2D eigenvalue weighted by Crippen LogP contribution is 2.42. The number of carbonyl (C=O) groups is 3. The Morgan fingerprint density at radius 1 is 1.11 bits per heavy atom. The minimum Gasteiger partial charge on any atom is -0.496 e. The van der Waals surface area contributed by atoms with Gasteiger partial charge in [-0.25, -0.2) is 4.79 Å². The van der Waals surface area contributed by atoms with Crippen LogP contribution in [0.15, 0.2) is 36.4 Å². The monoisotopic (exact) mass is 380 g/mol. The largest absolute Gasteiger partial charge is 0.496 e. The first-order chi connectivity index (χ1) is 13.2.